The standard InChI is InChI=1S/C19H25N3O3/c1-14(2)19(25)22-12-10-21(11-13-22)17(23)9-6-15-4-7-16(8-5-15)18(24)20-3/h4-9,14H,10-13H2,1-3H3,(H,20,24)/b9-6+. The maximum atomic E-state index is 12.3. The first-order valence-electron chi connectivity index (χ1n) is 8.50. The topological polar surface area (TPSA) is 69.7 Å². The van der Waals surface area contributed by atoms with Crippen molar-refractivity contribution in [1.82, 2.24) is 15.1 Å². The molecule has 3 amide bonds. The van der Waals surface area contributed by atoms with Gasteiger partial charge in [0.2, 0.25) is 11.8 Å². The number of rotatable bonds is 4. The second-order valence-corrected chi connectivity index (χ2v) is 6.34. The predicted octanol–water partition coefficient (Wildman–Crippen LogP) is 1.39. The van der Waals surface area contributed by atoms with Gasteiger partial charge in [-0.2, -0.15) is 0 Å². The largest absolute Gasteiger partial charge is 0.355 e. The van der Waals surface area contributed by atoms with Crippen LogP contribution in [0.2, 0.25) is 0 Å². The number of hydrogen-bond donors (Lipinski definition) is 1. The summed E-state index contributed by atoms with van der Waals surface area (Å²) in [5, 5.41) is 2.57. The molecule has 0 saturated carbocycles. The summed E-state index contributed by atoms with van der Waals surface area (Å²) >= 11 is 0. The number of amides is 3. The van der Waals surface area contributed by atoms with E-state index in [0.29, 0.717) is 31.7 Å². The van der Waals surface area contributed by atoms with Gasteiger partial charge < -0.3 is 15.1 Å². The van der Waals surface area contributed by atoms with Crippen LogP contribution in [0.5, 0.6) is 0 Å². The molecule has 1 saturated heterocycles. The van der Waals surface area contributed by atoms with E-state index in [2.05, 4.69) is 5.32 Å². The Morgan fingerprint density at radius 3 is 2.08 bits per heavy atom. The zero-order valence-electron chi connectivity index (χ0n) is 15.0. The molecule has 0 spiro atoms. The summed E-state index contributed by atoms with van der Waals surface area (Å²) in [5.74, 6) is -0.0776. The fourth-order valence-corrected chi connectivity index (χ4v) is 2.68. The summed E-state index contributed by atoms with van der Waals surface area (Å²) in [7, 11) is 1.59. The molecule has 2 rings (SSSR count). The molecule has 0 bridgehead atoms. The lowest BCUT2D eigenvalue weighted by Gasteiger charge is -2.35. The first-order valence-corrected chi connectivity index (χ1v) is 8.50. The molecule has 1 aromatic carbocycles. The van der Waals surface area contributed by atoms with Gasteiger partial charge in [0.25, 0.3) is 5.91 Å². The number of hydrogen-bond acceptors (Lipinski definition) is 3. The minimum Gasteiger partial charge on any atom is -0.355 e. The Labute approximate surface area is 148 Å². The molecule has 1 aromatic rings. The van der Waals surface area contributed by atoms with Gasteiger partial charge in [-0.25, -0.2) is 0 Å². The molecular formula is C19H25N3O3. The first kappa shape index (κ1) is 18.7. The van der Waals surface area contributed by atoms with Crippen molar-refractivity contribution >= 4 is 23.8 Å². The second kappa shape index (κ2) is 8.46. The lowest BCUT2D eigenvalue weighted by atomic mass is 10.1. The van der Waals surface area contributed by atoms with Crippen LogP contribution < -0.4 is 5.32 Å². The summed E-state index contributed by atoms with van der Waals surface area (Å²) in [6.07, 6.45) is 3.27. The van der Waals surface area contributed by atoms with Crippen LogP contribution in [0.1, 0.15) is 29.8 Å². The molecule has 0 radical (unpaired) electrons. The zero-order valence-corrected chi connectivity index (χ0v) is 15.0. The third-order valence-corrected chi connectivity index (χ3v) is 4.22. The van der Waals surface area contributed by atoms with Gasteiger partial charge in [-0.1, -0.05) is 26.0 Å². The van der Waals surface area contributed by atoms with Crippen molar-refractivity contribution < 1.29 is 14.4 Å². The van der Waals surface area contributed by atoms with Gasteiger partial charge in [0.15, 0.2) is 0 Å². The van der Waals surface area contributed by atoms with Crippen LogP contribution in [0.4, 0.5) is 0 Å². The Morgan fingerprint density at radius 1 is 1.00 bits per heavy atom. The summed E-state index contributed by atoms with van der Waals surface area (Å²) in [5.41, 5.74) is 1.44. The maximum Gasteiger partial charge on any atom is 0.251 e. The molecule has 25 heavy (non-hydrogen) atoms. The number of benzene rings is 1. The average Bonchev–Trinajstić information content (AvgIpc) is 2.65. The molecule has 0 atom stereocenters. The summed E-state index contributed by atoms with van der Waals surface area (Å²) in [6, 6.07) is 7.04. The van der Waals surface area contributed by atoms with E-state index in [1.54, 1.807) is 42.3 Å². The van der Waals surface area contributed by atoms with Crippen molar-refractivity contribution in [3.05, 3.63) is 41.5 Å². The van der Waals surface area contributed by atoms with Crippen molar-refractivity contribution in [3.63, 3.8) is 0 Å². The van der Waals surface area contributed by atoms with Crippen LogP contribution in [-0.2, 0) is 9.59 Å². The van der Waals surface area contributed by atoms with Gasteiger partial charge in [0.1, 0.15) is 0 Å². The van der Waals surface area contributed by atoms with Gasteiger partial charge >= 0.3 is 0 Å². The lowest BCUT2D eigenvalue weighted by Crippen LogP contribution is -2.51. The number of carbonyl (C=O) groups is 3. The highest BCUT2D eigenvalue weighted by Crippen LogP contribution is 2.10. The SMILES string of the molecule is CNC(=O)c1ccc(/C=C/C(=O)N2CCN(C(=O)C(C)C)CC2)cc1. The van der Waals surface area contributed by atoms with E-state index in [0.717, 1.165) is 5.56 Å². The molecular weight excluding hydrogens is 318 g/mol. The maximum absolute atomic E-state index is 12.3. The van der Waals surface area contributed by atoms with Crippen molar-refractivity contribution in [1.29, 1.82) is 0 Å². The molecule has 6 nitrogen and oxygen atoms in total. The van der Waals surface area contributed by atoms with E-state index in [-0.39, 0.29) is 23.6 Å². The van der Waals surface area contributed by atoms with Crippen LogP contribution in [0.3, 0.4) is 0 Å². The highest BCUT2D eigenvalue weighted by Gasteiger charge is 2.24. The minimum absolute atomic E-state index is 0.0140. The molecule has 0 unspecified atom stereocenters. The lowest BCUT2D eigenvalue weighted by molar-refractivity contribution is -0.139. The van der Waals surface area contributed by atoms with E-state index in [9.17, 15) is 14.4 Å². The van der Waals surface area contributed by atoms with Gasteiger partial charge in [-0.15, -0.1) is 0 Å². The normalized spacial score (nSPS) is 14.9. The van der Waals surface area contributed by atoms with Crippen LogP contribution in [0, 0.1) is 5.92 Å². The van der Waals surface area contributed by atoms with Crippen molar-refractivity contribution in [3.8, 4) is 0 Å². The third-order valence-electron chi connectivity index (χ3n) is 4.22. The zero-order chi connectivity index (χ0) is 18.4. The van der Waals surface area contributed by atoms with E-state index >= 15 is 0 Å². The minimum atomic E-state index is -0.138. The first-order chi connectivity index (χ1) is 11.9. The average molecular weight is 343 g/mol. The second-order valence-electron chi connectivity index (χ2n) is 6.34. The number of carbonyl (C=O) groups excluding carboxylic acids is 3. The number of nitrogens with one attached hydrogen (secondary N) is 1. The molecule has 1 heterocycles. The molecule has 0 aromatic heterocycles. The highest BCUT2D eigenvalue weighted by molar-refractivity contribution is 5.95. The molecule has 134 valence electrons. The van der Waals surface area contributed by atoms with E-state index in [1.165, 1.54) is 6.08 Å². The van der Waals surface area contributed by atoms with Crippen LogP contribution in [-0.4, -0.2) is 60.7 Å². The van der Waals surface area contributed by atoms with E-state index in [1.807, 2.05) is 18.7 Å². The molecule has 1 fully saturated rings. The van der Waals surface area contributed by atoms with Crippen molar-refractivity contribution in [2.45, 2.75) is 13.8 Å². The van der Waals surface area contributed by atoms with Crippen LogP contribution in [0.25, 0.3) is 6.08 Å². The van der Waals surface area contributed by atoms with Crippen molar-refractivity contribution in [2.24, 2.45) is 5.92 Å². The monoisotopic (exact) mass is 343 g/mol. The van der Waals surface area contributed by atoms with E-state index in [4.69, 9.17) is 0 Å². The highest BCUT2D eigenvalue weighted by atomic mass is 16.2. The summed E-state index contributed by atoms with van der Waals surface area (Å²) in [4.78, 5) is 39.3. The summed E-state index contributed by atoms with van der Waals surface area (Å²) < 4.78 is 0. The van der Waals surface area contributed by atoms with Gasteiger partial charge in [-0.3, -0.25) is 14.4 Å². The Kier molecular flexibility index (Phi) is 6.33. The number of piperazine rings is 1. The molecule has 6 heteroatoms. The summed E-state index contributed by atoms with van der Waals surface area (Å²) in [6.45, 7) is 6.04. The van der Waals surface area contributed by atoms with Gasteiger partial charge in [0, 0.05) is 50.8 Å². The molecule has 1 N–H and O–H groups in total. The van der Waals surface area contributed by atoms with Gasteiger partial charge in [0.05, 0.1) is 0 Å². The Balaban J connectivity index is 1.89. The van der Waals surface area contributed by atoms with Crippen molar-refractivity contribution in [2.75, 3.05) is 33.2 Å². The quantitative estimate of drug-likeness (QED) is 0.840. The van der Waals surface area contributed by atoms with Crippen LogP contribution >= 0.6 is 0 Å². The van der Waals surface area contributed by atoms with Gasteiger partial charge in [-0.05, 0) is 23.8 Å². The molecule has 0 aliphatic carbocycles. The molecule has 1 aliphatic heterocycles. The fourth-order valence-electron chi connectivity index (χ4n) is 2.68. The number of nitrogens with zero attached hydrogens (tertiary/aromatic N) is 2. The Hall–Kier alpha value is -2.63. The fraction of sp³-hybridized carbons (Fsp3) is 0.421. The van der Waals surface area contributed by atoms with Crippen LogP contribution in [0.15, 0.2) is 30.3 Å². The Bertz CT molecular complexity index is 657. The Morgan fingerprint density at radius 2 is 1.56 bits per heavy atom. The van der Waals surface area contributed by atoms with E-state index < -0.39 is 0 Å². The molecule has 1 aliphatic rings. The third kappa shape index (κ3) is 4.92. The smallest absolute Gasteiger partial charge is 0.251 e. The predicted molar refractivity (Wildman–Crippen MR) is 96.9 cm³/mol.